The van der Waals surface area contributed by atoms with E-state index in [9.17, 15) is 9.59 Å². The number of nitrogens with zero attached hydrogens (tertiary/aromatic N) is 2. The van der Waals surface area contributed by atoms with Crippen molar-refractivity contribution in [1.29, 1.82) is 0 Å². The molecule has 2 aliphatic rings. The van der Waals surface area contributed by atoms with Gasteiger partial charge in [0.25, 0.3) is 0 Å². The first-order valence-corrected chi connectivity index (χ1v) is 9.61. The predicted octanol–water partition coefficient (Wildman–Crippen LogP) is 4.00. The zero-order chi connectivity index (χ0) is 19.7. The highest BCUT2D eigenvalue weighted by Gasteiger charge is 2.56. The Balaban J connectivity index is 1.84. The summed E-state index contributed by atoms with van der Waals surface area (Å²) in [5.74, 6) is -0.639. The number of carbonyl (C=O) groups is 2. The van der Waals surface area contributed by atoms with E-state index >= 15 is 0 Å². The fourth-order valence-corrected chi connectivity index (χ4v) is 4.74. The molecule has 1 aliphatic heterocycles. The molecule has 4 rings (SSSR count). The first-order chi connectivity index (χ1) is 13.6. The Morgan fingerprint density at radius 2 is 1.71 bits per heavy atom. The molecule has 2 aromatic carbocycles. The number of piperidine rings is 1. The van der Waals surface area contributed by atoms with Gasteiger partial charge in [0.15, 0.2) is 5.78 Å². The van der Waals surface area contributed by atoms with Gasteiger partial charge in [0.05, 0.1) is 12.0 Å². The van der Waals surface area contributed by atoms with Crippen LogP contribution in [0.4, 0.5) is 0 Å². The molecule has 0 radical (unpaired) electrons. The third-order valence-corrected chi connectivity index (χ3v) is 6.16. The van der Waals surface area contributed by atoms with Crippen LogP contribution in [0.1, 0.15) is 24.5 Å². The maximum absolute atomic E-state index is 13.9. The second-order valence-electron chi connectivity index (χ2n) is 7.64. The molecule has 0 spiro atoms. The van der Waals surface area contributed by atoms with Crippen molar-refractivity contribution in [3.63, 3.8) is 0 Å². The largest absolute Gasteiger partial charge is 0.337 e. The lowest BCUT2D eigenvalue weighted by atomic mass is 9.58. The number of benzene rings is 2. The lowest BCUT2D eigenvalue weighted by molar-refractivity contribution is -0.145. The molecule has 0 aromatic heterocycles. The number of hydrogen-bond donors (Lipinski definition) is 0. The van der Waals surface area contributed by atoms with Crippen LogP contribution in [0, 0.1) is 18.4 Å². The van der Waals surface area contributed by atoms with Gasteiger partial charge in [-0.05, 0) is 23.5 Å². The summed E-state index contributed by atoms with van der Waals surface area (Å²) < 4.78 is 0. The Hall–Kier alpha value is -3.19. The second kappa shape index (κ2) is 7.09. The Morgan fingerprint density at radius 3 is 2.36 bits per heavy atom. The molecule has 1 fully saturated rings. The first kappa shape index (κ1) is 18.2. The fourth-order valence-electron chi connectivity index (χ4n) is 4.74. The van der Waals surface area contributed by atoms with Gasteiger partial charge in [0.2, 0.25) is 11.6 Å². The standard InChI is InChI=1S/C24H22N2O2/c1-17-20-13-14-26(16-18-9-5-3-6-10-18)23(28)24(20,15-21(25-2)22(17)27)19-11-7-4-8-12-19/h3-12,15,17,20H,13-14,16H2,1H3/t17-,20-,24+/m0/s1. The zero-order valence-electron chi connectivity index (χ0n) is 15.8. The molecule has 0 bridgehead atoms. The molecule has 0 saturated carbocycles. The maximum Gasteiger partial charge on any atom is 0.236 e. The molecule has 0 N–H and O–H groups in total. The predicted molar refractivity (Wildman–Crippen MR) is 107 cm³/mol. The van der Waals surface area contributed by atoms with Gasteiger partial charge in [0.1, 0.15) is 0 Å². The number of allylic oxidation sites excluding steroid dienone is 1. The topological polar surface area (TPSA) is 41.7 Å². The Kier molecular flexibility index (Phi) is 4.60. The zero-order valence-corrected chi connectivity index (χ0v) is 15.8. The number of Topliss-reactive ketones (excluding diaryl/α,β-unsaturated/α-hetero) is 1. The van der Waals surface area contributed by atoms with Crippen LogP contribution in [-0.2, 0) is 21.5 Å². The van der Waals surface area contributed by atoms with Gasteiger partial charge in [-0.1, -0.05) is 73.7 Å². The van der Waals surface area contributed by atoms with E-state index < -0.39 is 5.41 Å². The molecule has 1 amide bonds. The number of fused-ring (bicyclic) bond motifs is 1. The van der Waals surface area contributed by atoms with Gasteiger partial charge in [-0.25, -0.2) is 4.85 Å². The molecule has 1 aliphatic carbocycles. The van der Waals surface area contributed by atoms with Crippen LogP contribution in [-0.4, -0.2) is 23.1 Å². The van der Waals surface area contributed by atoms with Gasteiger partial charge in [-0.15, -0.1) is 0 Å². The van der Waals surface area contributed by atoms with Crippen LogP contribution in [0.2, 0.25) is 0 Å². The van der Waals surface area contributed by atoms with Gasteiger partial charge in [-0.2, -0.15) is 0 Å². The van der Waals surface area contributed by atoms with Crippen LogP contribution in [0.25, 0.3) is 4.85 Å². The molecular formula is C24H22N2O2. The van der Waals surface area contributed by atoms with Crippen molar-refractivity contribution in [2.24, 2.45) is 11.8 Å². The average molecular weight is 370 g/mol. The molecule has 140 valence electrons. The smallest absolute Gasteiger partial charge is 0.236 e. The molecule has 4 heteroatoms. The van der Waals surface area contributed by atoms with Gasteiger partial charge < -0.3 is 9.69 Å². The molecule has 28 heavy (non-hydrogen) atoms. The van der Waals surface area contributed by atoms with E-state index in [4.69, 9.17) is 6.57 Å². The highest BCUT2D eigenvalue weighted by Crippen LogP contribution is 2.49. The minimum absolute atomic E-state index is 0.0145. The number of rotatable bonds is 3. The highest BCUT2D eigenvalue weighted by atomic mass is 16.2. The molecule has 1 saturated heterocycles. The van der Waals surface area contributed by atoms with Crippen LogP contribution in [0.3, 0.4) is 0 Å². The monoisotopic (exact) mass is 370 g/mol. The quantitative estimate of drug-likeness (QED) is 0.767. The Bertz CT molecular complexity index is 975. The number of hydrogen-bond acceptors (Lipinski definition) is 2. The summed E-state index contributed by atoms with van der Waals surface area (Å²) in [7, 11) is 0. The van der Waals surface area contributed by atoms with Gasteiger partial charge in [-0.3, -0.25) is 4.79 Å². The summed E-state index contributed by atoms with van der Waals surface area (Å²) in [6.45, 7) is 10.5. The Labute approximate surface area is 165 Å². The molecule has 4 nitrogen and oxygen atoms in total. The van der Waals surface area contributed by atoms with Gasteiger partial charge in [0, 0.05) is 19.0 Å². The van der Waals surface area contributed by atoms with E-state index in [-0.39, 0.29) is 29.2 Å². The van der Waals surface area contributed by atoms with E-state index in [1.54, 1.807) is 6.08 Å². The van der Waals surface area contributed by atoms with Gasteiger partial charge >= 0.3 is 0 Å². The Morgan fingerprint density at radius 1 is 1.07 bits per heavy atom. The van der Waals surface area contributed by atoms with Crippen LogP contribution in [0.5, 0.6) is 0 Å². The summed E-state index contributed by atoms with van der Waals surface area (Å²) in [5, 5.41) is 0. The van der Waals surface area contributed by atoms with Crippen molar-refractivity contribution in [3.05, 3.63) is 95.0 Å². The van der Waals surface area contributed by atoms with Crippen LogP contribution < -0.4 is 0 Å². The number of ketones is 1. The molecule has 1 heterocycles. The number of carbonyl (C=O) groups excluding carboxylic acids is 2. The SMILES string of the molecule is [C-]#[N+]C1=C[C@]2(c3ccccc3)C(=O)N(Cc3ccccc3)CC[C@H]2[C@H](C)C1=O. The van der Waals surface area contributed by atoms with Crippen molar-refractivity contribution in [3.8, 4) is 0 Å². The molecule has 0 unspecified atom stereocenters. The van der Waals surface area contributed by atoms with Crippen molar-refractivity contribution in [2.75, 3.05) is 6.54 Å². The normalized spacial score (nSPS) is 27.0. The minimum Gasteiger partial charge on any atom is -0.337 e. The third kappa shape index (κ3) is 2.75. The van der Waals surface area contributed by atoms with E-state index in [1.807, 2.05) is 72.5 Å². The minimum atomic E-state index is -0.957. The van der Waals surface area contributed by atoms with Crippen LogP contribution >= 0.6 is 0 Å². The van der Waals surface area contributed by atoms with E-state index in [0.717, 1.165) is 17.5 Å². The summed E-state index contributed by atoms with van der Waals surface area (Å²) >= 11 is 0. The average Bonchev–Trinajstić information content (AvgIpc) is 2.74. The van der Waals surface area contributed by atoms with Crippen molar-refractivity contribution in [2.45, 2.75) is 25.3 Å². The van der Waals surface area contributed by atoms with E-state index in [2.05, 4.69) is 4.85 Å². The lowest BCUT2D eigenvalue weighted by Gasteiger charge is -2.50. The summed E-state index contributed by atoms with van der Waals surface area (Å²) in [6.07, 6.45) is 2.39. The van der Waals surface area contributed by atoms with Crippen LogP contribution in [0.15, 0.2) is 72.4 Å². The fraction of sp³-hybridized carbons (Fsp3) is 0.292. The second-order valence-corrected chi connectivity index (χ2v) is 7.64. The van der Waals surface area contributed by atoms with Crippen molar-refractivity contribution >= 4 is 11.7 Å². The summed E-state index contributed by atoms with van der Waals surface area (Å²) in [4.78, 5) is 31.9. The maximum atomic E-state index is 13.9. The molecule has 2 aromatic rings. The summed E-state index contributed by atoms with van der Waals surface area (Å²) in [6, 6.07) is 19.6. The highest BCUT2D eigenvalue weighted by molar-refractivity contribution is 6.04. The third-order valence-electron chi connectivity index (χ3n) is 6.16. The number of amides is 1. The first-order valence-electron chi connectivity index (χ1n) is 9.61. The van der Waals surface area contributed by atoms with Crippen molar-refractivity contribution < 1.29 is 9.59 Å². The molecule has 3 atom stereocenters. The number of likely N-dealkylation sites (tertiary alicyclic amines) is 1. The lowest BCUT2D eigenvalue weighted by Crippen LogP contribution is -2.59. The summed E-state index contributed by atoms with van der Waals surface area (Å²) in [5.41, 5.74) is 1.07. The molecular weight excluding hydrogens is 348 g/mol. The van der Waals surface area contributed by atoms with E-state index in [1.165, 1.54) is 0 Å². The van der Waals surface area contributed by atoms with E-state index in [0.29, 0.717) is 13.1 Å². The van der Waals surface area contributed by atoms with Crippen molar-refractivity contribution in [1.82, 2.24) is 4.90 Å².